The van der Waals surface area contributed by atoms with Crippen LogP contribution in [0.2, 0.25) is 0 Å². The molecule has 1 aliphatic heterocycles. The van der Waals surface area contributed by atoms with Crippen molar-refractivity contribution in [2.75, 3.05) is 12.3 Å². The highest BCUT2D eigenvalue weighted by Crippen LogP contribution is 2.32. The first kappa shape index (κ1) is 13.0. The number of nitrogen functional groups attached to an aromatic ring is 1. The zero-order valence-electron chi connectivity index (χ0n) is 11.1. The first-order valence-electron chi connectivity index (χ1n) is 6.86. The van der Waals surface area contributed by atoms with E-state index in [1.807, 2.05) is 6.07 Å². The van der Waals surface area contributed by atoms with Crippen molar-refractivity contribution in [2.24, 2.45) is 0 Å². The van der Waals surface area contributed by atoms with E-state index in [-0.39, 0.29) is 17.8 Å². The number of anilines is 1. The first-order valence-corrected chi connectivity index (χ1v) is 6.86. The summed E-state index contributed by atoms with van der Waals surface area (Å²) in [5, 5.41) is 3.42. The van der Waals surface area contributed by atoms with Crippen LogP contribution in [0, 0.1) is 5.82 Å². The molecule has 0 amide bonds. The van der Waals surface area contributed by atoms with Crippen molar-refractivity contribution in [2.45, 2.75) is 25.3 Å². The van der Waals surface area contributed by atoms with Gasteiger partial charge in [0, 0.05) is 17.3 Å². The molecule has 1 aromatic heterocycles. The Labute approximate surface area is 117 Å². The Bertz CT molecular complexity index is 609. The van der Waals surface area contributed by atoms with Crippen LogP contribution in [0.25, 0.3) is 11.1 Å². The molecule has 4 nitrogen and oxygen atoms in total. The van der Waals surface area contributed by atoms with Gasteiger partial charge in [0.2, 0.25) is 5.95 Å². The Hall–Kier alpha value is -2.01. The molecule has 1 saturated heterocycles. The zero-order chi connectivity index (χ0) is 13.9. The molecular weight excluding hydrogens is 255 g/mol. The van der Waals surface area contributed by atoms with E-state index in [0.29, 0.717) is 5.56 Å². The molecule has 20 heavy (non-hydrogen) atoms. The topological polar surface area (TPSA) is 63.8 Å². The summed E-state index contributed by atoms with van der Waals surface area (Å²) in [6.07, 6.45) is 4.90. The number of hydrogen-bond donors (Lipinski definition) is 2. The van der Waals surface area contributed by atoms with Crippen LogP contribution < -0.4 is 11.1 Å². The molecule has 2 aromatic rings. The van der Waals surface area contributed by atoms with E-state index < -0.39 is 0 Å². The van der Waals surface area contributed by atoms with Crippen LogP contribution in [0.1, 0.15) is 31.0 Å². The maximum Gasteiger partial charge on any atom is 0.220 e. The van der Waals surface area contributed by atoms with Crippen LogP contribution in [-0.2, 0) is 0 Å². The number of nitrogens with zero attached hydrogens (tertiary/aromatic N) is 2. The predicted molar refractivity (Wildman–Crippen MR) is 76.4 cm³/mol. The van der Waals surface area contributed by atoms with Crippen molar-refractivity contribution in [3.63, 3.8) is 0 Å². The molecule has 0 radical (unpaired) electrons. The van der Waals surface area contributed by atoms with Crippen LogP contribution in [0.5, 0.6) is 0 Å². The minimum atomic E-state index is -0.266. The van der Waals surface area contributed by atoms with Crippen molar-refractivity contribution in [1.29, 1.82) is 0 Å². The standard InChI is InChI=1S/C15H17FN4/c16-12-6-2-1-5-10(12)11-9-19-15(17)20-14(11)13-7-3-4-8-18-13/h1-2,5-6,9,13,18H,3-4,7-8H2,(H2,17,19,20)/t13-/m1/s1. The van der Waals surface area contributed by atoms with E-state index in [9.17, 15) is 4.39 Å². The van der Waals surface area contributed by atoms with E-state index in [1.165, 1.54) is 6.07 Å². The van der Waals surface area contributed by atoms with Crippen LogP contribution in [-0.4, -0.2) is 16.5 Å². The number of hydrogen-bond acceptors (Lipinski definition) is 4. The molecule has 0 bridgehead atoms. The average Bonchev–Trinajstić information content (AvgIpc) is 2.49. The molecule has 1 aromatic carbocycles. The van der Waals surface area contributed by atoms with Gasteiger partial charge in [0.15, 0.2) is 0 Å². The van der Waals surface area contributed by atoms with Gasteiger partial charge in [-0.2, -0.15) is 0 Å². The van der Waals surface area contributed by atoms with Gasteiger partial charge in [-0.05, 0) is 25.5 Å². The summed E-state index contributed by atoms with van der Waals surface area (Å²) in [7, 11) is 0. The van der Waals surface area contributed by atoms with Crippen molar-refractivity contribution in [3.05, 3.63) is 42.0 Å². The van der Waals surface area contributed by atoms with Gasteiger partial charge in [-0.25, -0.2) is 14.4 Å². The van der Waals surface area contributed by atoms with Gasteiger partial charge < -0.3 is 11.1 Å². The molecule has 0 saturated carbocycles. The third-order valence-corrected chi connectivity index (χ3v) is 3.64. The quantitative estimate of drug-likeness (QED) is 0.882. The van der Waals surface area contributed by atoms with Crippen molar-refractivity contribution in [3.8, 4) is 11.1 Å². The molecule has 0 aliphatic carbocycles. The van der Waals surface area contributed by atoms with Crippen LogP contribution in [0.15, 0.2) is 30.5 Å². The van der Waals surface area contributed by atoms with Crippen molar-refractivity contribution in [1.82, 2.24) is 15.3 Å². The monoisotopic (exact) mass is 272 g/mol. The largest absolute Gasteiger partial charge is 0.368 e. The number of nitrogens with one attached hydrogen (secondary N) is 1. The molecule has 1 atom stereocenters. The number of rotatable bonds is 2. The maximum absolute atomic E-state index is 14.0. The van der Waals surface area contributed by atoms with E-state index in [2.05, 4.69) is 15.3 Å². The first-order chi connectivity index (χ1) is 9.75. The summed E-state index contributed by atoms with van der Waals surface area (Å²) in [6.45, 7) is 0.950. The summed E-state index contributed by atoms with van der Waals surface area (Å²) < 4.78 is 14.0. The molecule has 3 rings (SSSR count). The zero-order valence-corrected chi connectivity index (χ0v) is 11.1. The summed E-state index contributed by atoms with van der Waals surface area (Å²) in [5.41, 5.74) is 7.74. The number of nitrogens with two attached hydrogens (primary N) is 1. The second-order valence-corrected chi connectivity index (χ2v) is 5.01. The lowest BCUT2D eigenvalue weighted by molar-refractivity contribution is 0.406. The normalized spacial score (nSPS) is 18.9. The van der Waals surface area contributed by atoms with Gasteiger partial charge in [-0.1, -0.05) is 24.6 Å². The van der Waals surface area contributed by atoms with Gasteiger partial charge in [0.05, 0.1) is 11.7 Å². The second kappa shape index (κ2) is 5.54. The highest BCUT2D eigenvalue weighted by Gasteiger charge is 2.22. The number of halogens is 1. The smallest absolute Gasteiger partial charge is 0.220 e. The highest BCUT2D eigenvalue weighted by molar-refractivity contribution is 5.66. The van der Waals surface area contributed by atoms with Crippen LogP contribution >= 0.6 is 0 Å². The molecule has 2 heterocycles. The van der Waals surface area contributed by atoms with Crippen LogP contribution in [0.3, 0.4) is 0 Å². The fourth-order valence-electron chi connectivity index (χ4n) is 2.65. The molecule has 0 unspecified atom stereocenters. The van der Waals surface area contributed by atoms with Gasteiger partial charge in [0.25, 0.3) is 0 Å². The minimum Gasteiger partial charge on any atom is -0.368 e. The van der Waals surface area contributed by atoms with Crippen molar-refractivity contribution < 1.29 is 4.39 Å². The van der Waals surface area contributed by atoms with Crippen molar-refractivity contribution >= 4 is 5.95 Å². The van der Waals surface area contributed by atoms with Gasteiger partial charge >= 0.3 is 0 Å². The van der Waals surface area contributed by atoms with Gasteiger partial charge in [-0.3, -0.25) is 0 Å². The average molecular weight is 272 g/mol. The third-order valence-electron chi connectivity index (χ3n) is 3.64. The Morgan fingerprint density at radius 2 is 2.05 bits per heavy atom. The van der Waals surface area contributed by atoms with E-state index in [4.69, 9.17) is 5.73 Å². The summed E-state index contributed by atoms with van der Waals surface area (Å²) in [5.74, 6) is -0.0367. The van der Waals surface area contributed by atoms with E-state index >= 15 is 0 Å². The molecule has 0 spiro atoms. The van der Waals surface area contributed by atoms with Gasteiger partial charge in [-0.15, -0.1) is 0 Å². The van der Waals surface area contributed by atoms with Gasteiger partial charge in [0.1, 0.15) is 5.82 Å². The summed E-state index contributed by atoms with van der Waals surface area (Å²) in [6, 6.07) is 6.80. The second-order valence-electron chi connectivity index (χ2n) is 5.01. The fraction of sp³-hybridized carbons (Fsp3) is 0.333. The Balaban J connectivity index is 2.08. The highest BCUT2D eigenvalue weighted by atomic mass is 19.1. The Kier molecular flexibility index (Phi) is 3.60. The lowest BCUT2D eigenvalue weighted by atomic mass is 9.95. The fourth-order valence-corrected chi connectivity index (χ4v) is 2.65. The number of benzene rings is 1. The minimum absolute atomic E-state index is 0.114. The summed E-state index contributed by atoms with van der Waals surface area (Å²) >= 11 is 0. The van der Waals surface area contributed by atoms with E-state index in [1.54, 1.807) is 18.3 Å². The molecule has 1 aliphatic rings. The lowest BCUT2D eigenvalue weighted by Crippen LogP contribution is -2.28. The maximum atomic E-state index is 14.0. The number of aromatic nitrogens is 2. The lowest BCUT2D eigenvalue weighted by Gasteiger charge is -2.25. The molecule has 104 valence electrons. The van der Waals surface area contributed by atoms with E-state index in [0.717, 1.165) is 37.1 Å². The SMILES string of the molecule is Nc1ncc(-c2ccccc2F)c([C@H]2CCCCN2)n1. The predicted octanol–water partition coefficient (Wildman–Crippen LogP) is 2.68. The molecule has 3 N–H and O–H groups in total. The number of piperidine rings is 1. The molecular formula is C15H17FN4. The Morgan fingerprint density at radius 3 is 2.80 bits per heavy atom. The Morgan fingerprint density at radius 1 is 1.20 bits per heavy atom. The third kappa shape index (κ3) is 2.49. The molecule has 1 fully saturated rings. The molecule has 5 heteroatoms. The summed E-state index contributed by atoms with van der Waals surface area (Å²) in [4.78, 5) is 8.38. The van der Waals surface area contributed by atoms with Crippen LogP contribution in [0.4, 0.5) is 10.3 Å².